The van der Waals surface area contributed by atoms with Crippen LogP contribution in [0.3, 0.4) is 0 Å². The number of carbonyl (C=O) groups excluding carboxylic acids is 3. The molecule has 0 aliphatic carbocycles. The molecule has 4 rings (SSSR count). The van der Waals surface area contributed by atoms with Gasteiger partial charge in [-0.05, 0) is 29.9 Å². The van der Waals surface area contributed by atoms with Crippen LogP contribution in [0, 0.1) is 5.92 Å². The molecule has 230 valence electrons. The normalized spacial score (nSPS) is 17.7. The summed E-state index contributed by atoms with van der Waals surface area (Å²) in [6.07, 6.45) is 0.731. The van der Waals surface area contributed by atoms with Gasteiger partial charge in [0, 0.05) is 30.8 Å². The first kappa shape index (κ1) is 32.0. The number of alkyl carbamates (subject to hydrolysis) is 1. The molecule has 0 spiro atoms. The molecular weight excluding hydrogens is 562 g/mol. The van der Waals surface area contributed by atoms with Crippen LogP contribution in [0.1, 0.15) is 61.9 Å². The van der Waals surface area contributed by atoms with Gasteiger partial charge in [-0.1, -0.05) is 88.4 Å². The van der Waals surface area contributed by atoms with E-state index >= 15 is 0 Å². The summed E-state index contributed by atoms with van der Waals surface area (Å²) in [5.41, 5.74) is 2.97. The minimum atomic E-state index is -0.751. The zero-order valence-corrected chi connectivity index (χ0v) is 26.4. The van der Waals surface area contributed by atoms with Crippen molar-refractivity contribution >= 4 is 29.4 Å². The predicted molar refractivity (Wildman–Crippen MR) is 169 cm³/mol. The Balaban J connectivity index is 1.44. The number of benzene rings is 2. The number of carbonyl (C=O) groups is 3. The summed E-state index contributed by atoms with van der Waals surface area (Å²) in [7, 11) is 1.70. The molecule has 2 heterocycles. The lowest BCUT2D eigenvalue weighted by Gasteiger charge is -2.29. The third-order valence-corrected chi connectivity index (χ3v) is 8.73. The lowest BCUT2D eigenvalue weighted by Crippen LogP contribution is -2.55. The molecule has 1 unspecified atom stereocenters. The van der Waals surface area contributed by atoms with Crippen molar-refractivity contribution in [2.45, 2.75) is 83.6 Å². The van der Waals surface area contributed by atoms with Gasteiger partial charge in [-0.3, -0.25) is 4.79 Å². The van der Waals surface area contributed by atoms with Crippen LogP contribution in [0.4, 0.5) is 9.59 Å². The second-order valence-electron chi connectivity index (χ2n) is 11.9. The molecular formula is C33H43N5O4S. The highest BCUT2D eigenvalue weighted by molar-refractivity contribution is 7.09. The topological polar surface area (TPSA) is 113 Å². The van der Waals surface area contributed by atoms with E-state index < -0.39 is 18.2 Å². The summed E-state index contributed by atoms with van der Waals surface area (Å²) in [5, 5.41) is 12.0. The fourth-order valence-electron chi connectivity index (χ4n) is 5.18. The van der Waals surface area contributed by atoms with Crippen molar-refractivity contribution in [2.75, 3.05) is 7.05 Å². The van der Waals surface area contributed by atoms with E-state index in [0.717, 1.165) is 21.8 Å². The largest absolute Gasteiger partial charge is 0.444 e. The molecule has 1 aliphatic rings. The second kappa shape index (κ2) is 15.0. The smallest absolute Gasteiger partial charge is 0.407 e. The van der Waals surface area contributed by atoms with E-state index in [9.17, 15) is 14.4 Å². The van der Waals surface area contributed by atoms with E-state index in [0.29, 0.717) is 31.7 Å². The molecule has 0 radical (unpaired) electrons. The molecule has 1 saturated heterocycles. The Morgan fingerprint density at radius 1 is 1.00 bits per heavy atom. The molecule has 10 heteroatoms. The Labute approximate surface area is 258 Å². The van der Waals surface area contributed by atoms with Gasteiger partial charge in [0.25, 0.3) is 0 Å². The van der Waals surface area contributed by atoms with Crippen LogP contribution >= 0.6 is 11.3 Å². The Hall–Kier alpha value is -3.92. The highest BCUT2D eigenvalue weighted by Crippen LogP contribution is 2.22. The molecule has 3 aromatic rings. The third-order valence-electron chi connectivity index (χ3n) is 7.53. The number of rotatable bonds is 13. The fourth-order valence-corrected chi connectivity index (χ4v) is 6.00. The standard InChI is InChI=1S/C33H43N5O4S/c1-21(2)29(37-32(40)38(5)19-26-20-43-31(35-26)22(3)4)30(39)34-25(16-23-12-8-6-9-13-23)18-28-27(36-33(41)42-28)17-24-14-10-7-11-15-24/h6-15,20-22,25,27-29H,16-19H2,1-5H3,(H,34,39)(H,36,41)(H,37,40)/t25-,27-,28-,29?/m0/s1. The van der Waals surface area contributed by atoms with Crippen LogP contribution < -0.4 is 16.0 Å². The number of urea groups is 1. The third kappa shape index (κ3) is 9.28. The van der Waals surface area contributed by atoms with Gasteiger partial charge in [0.15, 0.2) is 0 Å². The number of hydrogen-bond acceptors (Lipinski definition) is 6. The number of amides is 4. The first-order chi connectivity index (χ1) is 20.6. The van der Waals surface area contributed by atoms with Crippen LogP contribution in [0.15, 0.2) is 66.0 Å². The number of hydrogen-bond donors (Lipinski definition) is 3. The second-order valence-corrected chi connectivity index (χ2v) is 12.8. The van der Waals surface area contributed by atoms with Crippen molar-refractivity contribution < 1.29 is 19.1 Å². The minimum absolute atomic E-state index is 0.154. The maximum atomic E-state index is 13.7. The predicted octanol–water partition coefficient (Wildman–Crippen LogP) is 5.27. The van der Waals surface area contributed by atoms with E-state index in [1.165, 1.54) is 0 Å². The summed E-state index contributed by atoms with van der Waals surface area (Å²) in [6.45, 7) is 8.34. The Bertz CT molecular complexity index is 1350. The number of cyclic esters (lactones) is 1. The molecule has 1 aromatic heterocycles. The quantitative estimate of drug-likeness (QED) is 0.246. The first-order valence-corrected chi connectivity index (χ1v) is 15.8. The van der Waals surface area contributed by atoms with Crippen molar-refractivity contribution in [2.24, 2.45) is 5.92 Å². The summed E-state index contributed by atoms with van der Waals surface area (Å²) in [6, 6.07) is 18.2. The van der Waals surface area contributed by atoms with Gasteiger partial charge in [0.2, 0.25) is 5.91 Å². The Morgan fingerprint density at radius 3 is 2.26 bits per heavy atom. The summed E-state index contributed by atoms with van der Waals surface area (Å²) >= 11 is 1.59. The van der Waals surface area contributed by atoms with E-state index in [1.54, 1.807) is 23.3 Å². The highest BCUT2D eigenvalue weighted by Gasteiger charge is 2.37. The maximum Gasteiger partial charge on any atom is 0.407 e. The van der Waals surface area contributed by atoms with Gasteiger partial charge in [0.1, 0.15) is 12.1 Å². The number of aromatic nitrogens is 1. The van der Waals surface area contributed by atoms with Gasteiger partial charge in [-0.15, -0.1) is 11.3 Å². The van der Waals surface area contributed by atoms with E-state index in [1.807, 2.05) is 79.9 Å². The van der Waals surface area contributed by atoms with Crippen molar-refractivity contribution in [1.82, 2.24) is 25.8 Å². The maximum absolute atomic E-state index is 13.7. The van der Waals surface area contributed by atoms with Crippen molar-refractivity contribution in [1.29, 1.82) is 0 Å². The number of nitrogens with one attached hydrogen (secondary N) is 3. The lowest BCUT2D eigenvalue weighted by molar-refractivity contribution is -0.124. The van der Waals surface area contributed by atoms with Crippen LogP contribution in [0.5, 0.6) is 0 Å². The lowest BCUT2D eigenvalue weighted by atomic mass is 9.93. The van der Waals surface area contributed by atoms with Crippen LogP contribution in [-0.2, 0) is 28.9 Å². The summed E-state index contributed by atoms with van der Waals surface area (Å²) in [5.74, 6) is -0.100. The molecule has 0 bridgehead atoms. The molecule has 4 amide bonds. The van der Waals surface area contributed by atoms with E-state index in [2.05, 4.69) is 34.8 Å². The number of thiazole rings is 1. The van der Waals surface area contributed by atoms with Crippen molar-refractivity contribution in [3.8, 4) is 0 Å². The number of nitrogens with zero attached hydrogens (tertiary/aromatic N) is 2. The number of ether oxygens (including phenoxy) is 1. The first-order valence-electron chi connectivity index (χ1n) is 14.9. The minimum Gasteiger partial charge on any atom is -0.444 e. The average Bonchev–Trinajstić information content (AvgIpc) is 3.58. The molecule has 2 aromatic carbocycles. The zero-order valence-electron chi connectivity index (χ0n) is 25.6. The van der Waals surface area contributed by atoms with Gasteiger partial charge in [-0.25, -0.2) is 14.6 Å². The average molecular weight is 606 g/mol. The van der Waals surface area contributed by atoms with E-state index in [-0.39, 0.29) is 29.9 Å². The molecule has 9 nitrogen and oxygen atoms in total. The monoisotopic (exact) mass is 605 g/mol. The summed E-state index contributed by atoms with van der Waals surface area (Å²) < 4.78 is 5.69. The SMILES string of the molecule is CC(C)c1nc(CN(C)C(=O)NC(C(=O)N[C@@H](Cc2ccccc2)C[C@@H]2OC(=O)N[C@H]2Cc2ccccc2)C(C)C)cs1. The Kier molecular flexibility index (Phi) is 11.2. The Morgan fingerprint density at radius 2 is 1.65 bits per heavy atom. The van der Waals surface area contributed by atoms with Gasteiger partial charge < -0.3 is 25.6 Å². The molecule has 0 saturated carbocycles. The van der Waals surface area contributed by atoms with Crippen LogP contribution in [0.2, 0.25) is 0 Å². The highest BCUT2D eigenvalue weighted by atomic mass is 32.1. The van der Waals surface area contributed by atoms with E-state index in [4.69, 9.17) is 4.74 Å². The fraction of sp³-hybridized carbons (Fsp3) is 0.455. The van der Waals surface area contributed by atoms with Gasteiger partial charge >= 0.3 is 12.1 Å². The van der Waals surface area contributed by atoms with Gasteiger partial charge in [0.05, 0.1) is 23.3 Å². The molecule has 1 aliphatic heterocycles. The van der Waals surface area contributed by atoms with Crippen LogP contribution in [-0.4, -0.2) is 59.2 Å². The molecule has 4 atom stereocenters. The van der Waals surface area contributed by atoms with Crippen molar-refractivity contribution in [3.05, 3.63) is 87.9 Å². The molecule has 43 heavy (non-hydrogen) atoms. The summed E-state index contributed by atoms with van der Waals surface area (Å²) in [4.78, 5) is 45.3. The molecule has 3 N–H and O–H groups in total. The zero-order chi connectivity index (χ0) is 30.9. The van der Waals surface area contributed by atoms with Gasteiger partial charge in [-0.2, -0.15) is 0 Å². The van der Waals surface area contributed by atoms with Crippen LogP contribution in [0.25, 0.3) is 0 Å². The van der Waals surface area contributed by atoms with Crippen molar-refractivity contribution in [3.63, 3.8) is 0 Å². The molecule has 1 fully saturated rings.